The van der Waals surface area contributed by atoms with Crippen LogP contribution in [0.5, 0.6) is 5.75 Å². The molecule has 3 aromatic rings. The zero-order chi connectivity index (χ0) is 42.1. The number of benzene rings is 3. The molecule has 0 unspecified atom stereocenters. The second-order valence-corrected chi connectivity index (χ2v) is 14.8. The molecule has 0 radical (unpaired) electrons. The molecule has 0 aliphatic heterocycles. The quantitative estimate of drug-likeness (QED) is 0.0979. The van der Waals surface area contributed by atoms with E-state index < -0.39 is 84.0 Å². The summed E-state index contributed by atoms with van der Waals surface area (Å²) in [7, 11) is 1.12. The Balaban J connectivity index is 1.85. The minimum Gasteiger partial charge on any atom is -0.489 e. The maximum absolute atomic E-state index is 14.2. The summed E-state index contributed by atoms with van der Waals surface area (Å²) in [6, 6.07) is 20.3. The number of carbonyl (C=O) groups is 6. The third-order valence-corrected chi connectivity index (χ3v) is 8.45. The van der Waals surface area contributed by atoms with Crippen LogP contribution in [0.15, 0.2) is 84.9 Å². The van der Waals surface area contributed by atoms with Crippen molar-refractivity contribution in [1.82, 2.24) is 26.6 Å². The number of alkyl carbamates (subject to hydrolysis) is 1. The number of nitrogens with one attached hydrogen (secondary N) is 5. The first-order chi connectivity index (χ1) is 26.9. The molecule has 0 saturated carbocycles. The molecule has 0 spiro atoms. The van der Waals surface area contributed by atoms with Gasteiger partial charge in [0.25, 0.3) is 0 Å². The van der Waals surface area contributed by atoms with Gasteiger partial charge in [0.2, 0.25) is 23.6 Å². The lowest BCUT2D eigenvalue weighted by atomic mass is 10.00. The zero-order valence-corrected chi connectivity index (χ0v) is 33.5. The molecule has 3 aromatic carbocycles. The number of hydrogen-bond donors (Lipinski definition) is 6. The van der Waals surface area contributed by atoms with Gasteiger partial charge in [-0.3, -0.25) is 19.2 Å². The Morgan fingerprint density at radius 3 is 1.67 bits per heavy atom. The second kappa shape index (κ2) is 22.0. The number of aliphatic hydroxyl groups excluding tert-OH is 1. The SMILES string of the molecule is COC(=O)[C@H](NC(=O)[C@H](Cc1ccc(OCc2ccccc2)cc1)NC(=O)[C@H](Cc1ccccc1)NC(=O)[C@H](NC(=O)CNC(=O)OC(C)(C)C)C(C)C)[C@@H](C)O. The summed E-state index contributed by atoms with van der Waals surface area (Å²) in [5.41, 5.74) is 1.52. The van der Waals surface area contributed by atoms with Gasteiger partial charge in [-0.15, -0.1) is 0 Å². The standard InChI is InChI=1S/C42H55N5O10/c1-26(2)35(46-34(49)24-43-41(54)57-42(4,5)6)39(52)45-32(22-28-14-10-8-11-15-28)37(50)44-33(38(51)47-36(27(3)48)40(53)55-7)23-29-18-20-31(21-19-29)56-25-30-16-12-9-13-17-30/h8-21,26-27,32-33,35-36,48H,22-25H2,1-7H3,(H,43,54)(H,44,50)(H,45,52)(H,46,49)(H,47,51)/t27-,32+,33+,35-,36-/m1/s1. The lowest BCUT2D eigenvalue weighted by Gasteiger charge is -2.28. The highest BCUT2D eigenvalue weighted by atomic mass is 16.6. The third kappa shape index (κ3) is 16.0. The summed E-state index contributed by atoms with van der Waals surface area (Å²) in [5.74, 6) is -3.62. The van der Waals surface area contributed by atoms with Crippen LogP contribution in [0.2, 0.25) is 0 Å². The van der Waals surface area contributed by atoms with Crippen LogP contribution in [0.3, 0.4) is 0 Å². The van der Waals surface area contributed by atoms with E-state index in [1.165, 1.54) is 6.92 Å². The largest absolute Gasteiger partial charge is 0.489 e. The number of hydrogen-bond acceptors (Lipinski definition) is 10. The molecule has 0 aliphatic carbocycles. The number of carbonyl (C=O) groups excluding carboxylic acids is 6. The van der Waals surface area contributed by atoms with Crippen LogP contribution in [0.25, 0.3) is 0 Å². The Morgan fingerprint density at radius 2 is 1.16 bits per heavy atom. The average molecular weight is 790 g/mol. The summed E-state index contributed by atoms with van der Waals surface area (Å²) in [6.07, 6.45) is -2.17. The van der Waals surface area contributed by atoms with E-state index in [9.17, 15) is 33.9 Å². The number of amides is 5. The molecule has 3 rings (SSSR count). The number of methoxy groups -OCH3 is 1. The average Bonchev–Trinajstić information content (AvgIpc) is 3.16. The fraction of sp³-hybridized carbons (Fsp3) is 0.429. The third-order valence-electron chi connectivity index (χ3n) is 8.45. The van der Waals surface area contributed by atoms with Crippen molar-refractivity contribution in [2.45, 2.75) is 96.9 Å². The molecule has 0 bridgehead atoms. The fourth-order valence-corrected chi connectivity index (χ4v) is 5.48. The normalized spacial score (nSPS) is 13.8. The number of esters is 1. The molecule has 5 atom stereocenters. The van der Waals surface area contributed by atoms with E-state index in [-0.39, 0.29) is 12.8 Å². The first kappa shape index (κ1) is 45.4. The van der Waals surface area contributed by atoms with Gasteiger partial charge in [-0.25, -0.2) is 9.59 Å². The van der Waals surface area contributed by atoms with E-state index in [0.29, 0.717) is 23.5 Å². The molecule has 57 heavy (non-hydrogen) atoms. The van der Waals surface area contributed by atoms with Crippen LogP contribution < -0.4 is 31.3 Å². The topological polar surface area (TPSA) is 210 Å². The molecule has 0 fully saturated rings. The van der Waals surface area contributed by atoms with E-state index in [2.05, 4.69) is 26.6 Å². The van der Waals surface area contributed by atoms with Crippen LogP contribution in [0, 0.1) is 5.92 Å². The molecule has 15 nitrogen and oxygen atoms in total. The van der Waals surface area contributed by atoms with Crippen LogP contribution in [0.4, 0.5) is 4.79 Å². The maximum Gasteiger partial charge on any atom is 0.408 e. The van der Waals surface area contributed by atoms with Crippen molar-refractivity contribution in [2.75, 3.05) is 13.7 Å². The van der Waals surface area contributed by atoms with E-state index >= 15 is 0 Å². The maximum atomic E-state index is 14.2. The van der Waals surface area contributed by atoms with Crippen molar-refractivity contribution < 1.29 is 48.1 Å². The highest BCUT2D eigenvalue weighted by molar-refractivity contribution is 5.96. The van der Waals surface area contributed by atoms with Crippen LogP contribution in [-0.2, 0) is 52.9 Å². The lowest BCUT2D eigenvalue weighted by molar-refractivity contribution is -0.148. The van der Waals surface area contributed by atoms with Crippen molar-refractivity contribution in [3.8, 4) is 5.75 Å². The first-order valence-corrected chi connectivity index (χ1v) is 18.7. The Bertz CT molecular complexity index is 1780. The molecular weight excluding hydrogens is 734 g/mol. The smallest absolute Gasteiger partial charge is 0.408 e. The minimum absolute atomic E-state index is 0.0115. The Hall–Kier alpha value is -5.96. The van der Waals surface area contributed by atoms with Crippen molar-refractivity contribution in [3.63, 3.8) is 0 Å². The Labute approximate surface area is 333 Å². The monoisotopic (exact) mass is 789 g/mol. The summed E-state index contributed by atoms with van der Waals surface area (Å²) in [6.45, 7) is 9.64. The highest BCUT2D eigenvalue weighted by Gasteiger charge is 2.34. The van der Waals surface area contributed by atoms with Crippen molar-refractivity contribution in [3.05, 3.63) is 102 Å². The molecule has 0 aliphatic rings. The molecule has 5 amide bonds. The molecular formula is C42H55N5O10. The van der Waals surface area contributed by atoms with E-state index in [4.69, 9.17) is 14.2 Å². The van der Waals surface area contributed by atoms with E-state index in [0.717, 1.165) is 12.7 Å². The molecule has 15 heteroatoms. The van der Waals surface area contributed by atoms with Gasteiger partial charge in [0.05, 0.1) is 13.2 Å². The van der Waals surface area contributed by atoms with Gasteiger partial charge in [-0.05, 0) is 62.4 Å². The van der Waals surface area contributed by atoms with Gasteiger partial charge < -0.3 is 45.9 Å². The Morgan fingerprint density at radius 1 is 0.649 bits per heavy atom. The number of aliphatic hydroxyl groups is 1. The van der Waals surface area contributed by atoms with E-state index in [1.807, 2.05) is 30.3 Å². The summed E-state index contributed by atoms with van der Waals surface area (Å²) < 4.78 is 15.8. The van der Waals surface area contributed by atoms with Crippen molar-refractivity contribution in [2.24, 2.45) is 5.92 Å². The molecule has 6 N–H and O–H groups in total. The van der Waals surface area contributed by atoms with Gasteiger partial charge in [0, 0.05) is 12.8 Å². The predicted molar refractivity (Wildman–Crippen MR) is 212 cm³/mol. The number of ether oxygens (including phenoxy) is 3. The summed E-state index contributed by atoms with van der Waals surface area (Å²) in [4.78, 5) is 79.1. The van der Waals surface area contributed by atoms with Gasteiger partial charge in [0.1, 0.15) is 42.6 Å². The van der Waals surface area contributed by atoms with Gasteiger partial charge in [-0.1, -0.05) is 86.6 Å². The van der Waals surface area contributed by atoms with Gasteiger partial charge in [-0.2, -0.15) is 0 Å². The fourth-order valence-electron chi connectivity index (χ4n) is 5.48. The van der Waals surface area contributed by atoms with E-state index in [1.54, 1.807) is 89.2 Å². The summed E-state index contributed by atoms with van der Waals surface area (Å²) >= 11 is 0. The highest BCUT2D eigenvalue weighted by Crippen LogP contribution is 2.16. The Kier molecular flexibility index (Phi) is 17.5. The lowest BCUT2D eigenvalue weighted by Crippen LogP contribution is -2.60. The zero-order valence-electron chi connectivity index (χ0n) is 33.5. The van der Waals surface area contributed by atoms with Crippen molar-refractivity contribution in [1.29, 1.82) is 0 Å². The van der Waals surface area contributed by atoms with Crippen LogP contribution in [0.1, 0.15) is 58.2 Å². The molecule has 0 aromatic heterocycles. The predicted octanol–water partition coefficient (Wildman–Crippen LogP) is 2.72. The van der Waals surface area contributed by atoms with Crippen LogP contribution in [-0.4, -0.2) is 90.3 Å². The van der Waals surface area contributed by atoms with Gasteiger partial charge in [0.15, 0.2) is 6.04 Å². The molecule has 0 saturated heterocycles. The minimum atomic E-state index is -1.43. The first-order valence-electron chi connectivity index (χ1n) is 18.7. The van der Waals surface area contributed by atoms with Crippen molar-refractivity contribution >= 4 is 35.7 Å². The number of rotatable bonds is 19. The van der Waals surface area contributed by atoms with Gasteiger partial charge >= 0.3 is 12.1 Å². The van der Waals surface area contributed by atoms with Crippen LogP contribution >= 0.6 is 0 Å². The summed E-state index contributed by atoms with van der Waals surface area (Å²) in [5, 5.41) is 23.2. The molecule has 308 valence electrons. The second-order valence-electron chi connectivity index (χ2n) is 14.8. The molecule has 0 heterocycles.